The quantitative estimate of drug-likeness (QED) is 0.803. The maximum Gasteiger partial charge on any atom is 0.242 e. The molecule has 1 aliphatic heterocycles. The summed E-state index contributed by atoms with van der Waals surface area (Å²) in [6.45, 7) is 1.20. The third kappa shape index (κ3) is 3.05. The minimum atomic E-state index is -3.58. The molecule has 2 rings (SSSR count). The molecule has 3 N–H and O–H groups in total. The van der Waals surface area contributed by atoms with Crippen molar-refractivity contribution >= 4 is 10.0 Å². The lowest BCUT2D eigenvalue weighted by molar-refractivity contribution is 0.0774. The standard InChI is InChI=1S/C11H17N3O3S/c12-7-10-11(4-1-5-13-10)18(15,16)14-9-3-2-6-17-8-9/h1,4-5,9,14H,2-3,6-8,12H2. The minimum absolute atomic E-state index is 0.0955. The number of sulfonamides is 1. The molecule has 18 heavy (non-hydrogen) atoms. The number of ether oxygens (including phenoxy) is 1. The molecule has 2 heterocycles. The molecule has 100 valence electrons. The second-order valence-electron chi connectivity index (χ2n) is 4.19. The summed E-state index contributed by atoms with van der Waals surface area (Å²) in [5, 5.41) is 0. The molecule has 1 atom stereocenters. The van der Waals surface area contributed by atoms with Gasteiger partial charge in [-0.05, 0) is 25.0 Å². The van der Waals surface area contributed by atoms with E-state index in [9.17, 15) is 8.42 Å². The first kappa shape index (κ1) is 13.4. The third-order valence-electron chi connectivity index (χ3n) is 2.81. The van der Waals surface area contributed by atoms with Crippen LogP contribution in [0.2, 0.25) is 0 Å². The largest absolute Gasteiger partial charge is 0.380 e. The first-order chi connectivity index (χ1) is 8.63. The van der Waals surface area contributed by atoms with Gasteiger partial charge in [0.15, 0.2) is 0 Å². The molecule has 1 aliphatic rings. The third-order valence-corrected chi connectivity index (χ3v) is 4.41. The van der Waals surface area contributed by atoms with Crippen LogP contribution in [0.5, 0.6) is 0 Å². The van der Waals surface area contributed by atoms with Crippen LogP contribution in [0.4, 0.5) is 0 Å². The first-order valence-electron chi connectivity index (χ1n) is 5.87. The first-order valence-corrected chi connectivity index (χ1v) is 7.36. The molecule has 0 bridgehead atoms. The molecule has 1 saturated heterocycles. The van der Waals surface area contributed by atoms with Gasteiger partial charge in [0.1, 0.15) is 4.90 Å². The van der Waals surface area contributed by atoms with E-state index < -0.39 is 10.0 Å². The zero-order chi connectivity index (χ0) is 13.0. The Labute approximate surface area is 107 Å². The van der Waals surface area contributed by atoms with Crippen LogP contribution in [0.3, 0.4) is 0 Å². The molecule has 0 amide bonds. The second-order valence-corrected chi connectivity index (χ2v) is 5.87. The number of nitrogens with one attached hydrogen (secondary N) is 1. The lowest BCUT2D eigenvalue weighted by Crippen LogP contribution is -2.41. The Morgan fingerprint density at radius 3 is 3.06 bits per heavy atom. The van der Waals surface area contributed by atoms with Gasteiger partial charge in [0.05, 0.1) is 12.3 Å². The summed E-state index contributed by atoms with van der Waals surface area (Å²) >= 11 is 0. The number of nitrogens with two attached hydrogens (primary N) is 1. The zero-order valence-electron chi connectivity index (χ0n) is 10.0. The molecular formula is C11H17N3O3S. The van der Waals surface area contributed by atoms with Gasteiger partial charge in [-0.15, -0.1) is 0 Å². The van der Waals surface area contributed by atoms with E-state index in [0.717, 1.165) is 12.8 Å². The van der Waals surface area contributed by atoms with Crippen molar-refractivity contribution < 1.29 is 13.2 Å². The predicted octanol–water partition coefficient (Wildman–Crippen LogP) is -0.00240. The van der Waals surface area contributed by atoms with Crippen molar-refractivity contribution in [3.8, 4) is 0 Å². The Bertz CT molecular complexity index is 498. The summed E-state index contributed by atoms with van der Waals surface area (Å²) in [5.74, 6) is 0. The summed E-state index contributed by atoms with van der Waals surface area (Å²) in [4.78, 5) is 4.13. The number of rotatable bonds is 4. The van der Waals surface area contributed by atoms with Crippen molar-refractivity contribution in [3.05, 3.63) is 24.0 Å². The van der Waals surface area contributed by atoms with Gasteiger partial charge in [0, 0.05) is 25.4 Å². The van der Waals surface area contributed by atoms with Crippen LogP contribution in [0.15, 0.2) is 23.2 Å². The van der Waals surface area contributed by atoms with E-state index in [4.69, 9.17) is 10.5 Å². The monoisotopic (exact) mass is 271 g/mol. The number of hydrogen-bond acceptors (Lipinski definition) is 5. The van der Waals surface area contributed by atoms with Crippen LogP contribution in [0.25, 0.3) is 0 Å². The van der Waals surface area contributed by atoms with Crippen molar-refractivity contribution in [1.29, 1.82) is 0 Å². The summed E-state index contributed by atoms with van der Waals surface area (Å²) in [6, 6.07) is 2.93. The van der Waals surface area contributed by atoms with Gasteiger partial charge in [-0.1, -0.05) is 0 Å². The molecule has 1 aromatic rings. The van der Waals surface area contributed by atoms with Gasteiger partial charge < -0.3 is 10.5 Å². The fourth-order valence-electron chi connectivity index (χ4n) is 1.94. The highest BCUT2D eigenvalue weighted by atomic mass is 32.2. The van der Waals surface area contributed by atoms with Gasteiger partial charge in [-0.3, -0.25) is 4.98 Å². The van der Waals surface area contributed by atoms with Crippen molar-refractivity contribution in [2.24, 2.45) is 5.73 Å². The maximum absolute atomic E-state index is 12.2. The summed E-state index contributed by atoms with van der Waals surface area (Å²) in [7, 11) is -3.58. The van der Waals surface area contributed by atoms with E-state index >= 15 is 0 Å². The van der Waals surface area contributed by atoms with Crippen LogP contribution in [-0.4, -0.2) is 32.7 Å². The van der Waals surface area contributed by atoms with E-state index in [1.165, 1.54) is 12.3 Å². The molecule has 1 fully saturated rings. The van der Waals surface area contributed by atoms with Crippen molar-refractivity contribution in [2.45, 2.75) is 30.3 Å². The highest BCUT2D eigenvalue weighted by molar-refractivity contribution is 7.89. The van der Waals surface area contributed by atoms with Gasteiger partial charge in [0.2, 0.25) is 10.0 Å². The SMILES string of the molecule is NCc1ncccc1S(=O)(=O)NC1CCCOC1. The summed E-state index contributed by atoms with van der Waals surface area (Å²) < 4.78 is 32.3. The van der Waals surface area contributed by atoms with Gasteiger partial charge >= 0.3 is 0 Å². The molecule has 0 aromatic carbocycles. The molecule has 1 aromatic heterocycles. The highest BCUT2D eigenvalue weighted by Gasteiger charge is 2.24. The van der Waals surface area contributed by atoms with Crippen molar-refractivity contribution in [2.75, 3.05) is 13.2 Å². The van der Waals surface area contributed by atoms with E-state index in [1.807, 2.05) is 0 Å². The number of hydrogen-bond donors (Lipinski definition) is 2. The number of nitrogens with zero attached hydrogens (tertiary/aromatic N) is 1. The Hall–Kier alpha value is -1.02. The fourth-order valence-corrected chi connectivity index (χ4v) is 3.39. The molecule has 0 saturated carbocycles. The van der Waals surface area contributed by atoms with E-state index in [-0.39, 0.29) is 17.5 Å². The molecule has 6 nitrogen and oxygen atoms in total. The number of aromatic nitrogens is 1. The molecule has 0 spiro atoms. The molecule has 1 unspecified atom stereocenters. The van der Waals surface area contributed by atoms with Crippen LogP contribution < -0.4 is 10.5 Å². The smallest absolute Gasteiger partial charge is 0.242 e. The Balaban J connectivity index is 2.19. The van der Waals surface area contributed by atoms with Crippen LogP contribution >= 0.6 is 0 Å². The Morgan fingerprint density at radius 2 is 2.39 bits per heavy atom. The van der Waals surface area contributed by atoms with Gasteiger partial charge in [-0.25, -0.2) is 13.1 Å². The van der Waals surface area contributed by atoms with Crippen molar-refractivity contribution in [3.63, 3.8) is 0 Å². The van der Waals surface area contributed by atoms with Crippen LogP contribution in [-0.2, 0) is 21.3 Å². The lowest BCUT2D eigenvalue weighted by Gasteiger charge is -2.23. The van der Waals surface area contributed by atoms with Crippen LogP contribution in [0, 0.1) is 0 Å². The molecular weight excluding hydrogens is 254 g/mol. The summed E-state index contributed by atoms with van der Waals surface area (Å²) in [6.07, 6.45) is 3.19. The zero-order valence-corrected chi connectivity index (χ0v) is 10.8. The van der Waals surface area contributed by atoms with E-state index in [0.29, 0.717) is 18.9 Å². The maximum atomic E-state index is 12.2. The minimum Gasteiger partial charge on any atom is -0.380 e. The normalized spacial score (nSPS) is 20.8. The molecule has 0 aliphatic carbocycles. The topological polar surface area (TPSA) is 94.3 Å². The lowest BCUT2D eigenvalue weighted by atomic mass is 10.1. The fraction of sp³-hybridized carbons (Fsp3) is 0.545. The van der Waals surface area contributed by atoms with Gasteiger partial charge in [0.25, 0.3) is 0 Å². The predicted molar refractivity (Wildman–Crippen MR) is 66.3 cm³/mol. The Kier molecular flexibility index (Phi) is 4.28. The highest BCUT2D eigenvalue weighted by Crippen LogP contribution is 2.15. The summed E-state index contributed by atoms with van der Waals surface area (Å²) in [5.41, 5.74) is 5.88. The average Bonchev–Trinajstić information content (AvgIpc) is 2.39. The number of pyridine rings is 1. The average molecular weight is 271 g/mol. The van der Waals surface area contributed by atoms with Crippen molar-refractivity contribution in [1.82, 2.24) is 9.71 Å². The molecule has 7 heteroatoms. The van der Waals surface area contributed by atoms with Crippen LogP contribution in [0.1, 0.15) is 18.5 Å². The van der Waals surface area contributed by atoms with E-state index in [1.54, 1.807) is 6.07 Å². The molecule has 0 radical (unpaired) electrons. The van der Waals surface area contributed by atoms with E-state index in [2.05, 4.69) is 9.71 Å². The van der Waals surface area contributed by atoms with Gasteiger partial charge in [-0.2, -0.15) is 0 Å². The second kappa shape index (κ2) is 5.75. The Morgan fingerprint density at radius 1 is 1.56 bits per heavy atom.